The normalized spacial score (nSPS) is 12.4. The minimum absolute atomic E-state index is 0.00848. The number of amides is 1. The van der Waals surface area contributed by atoms with E-state index in [9.17, 15) is 18.0 Å². The number of benzene rings is 2. The molecule has 0 aliphatic rings. The molecule has 0 aromatic heterocycles. The van der Waals surface area contributed by atoms with Crippen LogP contribution >= 0.6 is 11.6 Å². The SMILES string of the molecule is COc1ccccc1O[C@@H](C)C(=O)Nc1cc(C(F)(F)F)ccc1Cl. The summed E-state index contributed by atoms with van der Waals surface area (Å²) in [5.74, 6) is 0.120. The quantitative estimate of drug-likeness (QED) is 0.821. The van der Waals surface area contributed by atoms with Crippen molar-refractivity contribution in [2.45, 2.75) is 19.2 Å². The molecule has 0 aliphatic heterocycles. The van der Waals surface area contributed by atoms with E-state index in [1.54, 1.807) is 24.3 Å². The van der Waals surface area contributed by atoms with Crippen LogP contribution < -0.4 is 14.8 Å². The number of hydrogen-bond donors (Lipinski definition) is 1. The molecule has 4 nitrogen and oxygen atoms in total. The van der Waals surface area contributed by atoms with E-state index >= 15 is 0 Å². The molecular weight excluding hydrogens is 359 g/mol. The maximum Gasteiger partial charge on any atom is 0.416 e. The Morgan fingerprint density at radius 1 is 1.16 bits per heavy atom. The maximum atomic E-state index is 12.8. The Morgan fingerprint density at radius 2 is 1.80 bits per heavy atom. The van der Waals surface area contributed by atoms with Crippen molar-refractivity contribution in [3.8, 4) is 11.5 Å². The van der Waals surface area contributed by atoms with E-state index in [0.717, 1.165) is 18.2 Å². The smallest absolute Gasteiger partial charge is 0.416 e. The summed E-state index contributed by atoms with van der Waals surface area (Å²) < 4.78 is 48.9. The van der Waals surface area contributed by atoms with Crippen LogP contribution in [0.15, 0.2) is 42.5 Å². The molecule has 0 radical (unpaired) electrons. The van der Waals surface area contributed by atoms with Gasteiger partial charge in [0.2, 0.25) is 0 Å². The first-order valence-electron chi connectivity index (χ1n) is 7.19. The molecule has 0 bridgehead atoms. The summed E-state index contributed by atoms with van der Waals surface area (Å²) in [7, 11) is 1.45. The van der Waals surface area contributed by atoms with Gasteiger partial charge >= 0.3 is 6.18 Å². The van der Waals surface area contributed by atoms with E-state index in [1.807, 2.05) is 0 Å². The molecule has 0 unspecified atom stereocenters. The van der Waals surface area contributed by atoms with Crippen molar-refractivity contribution in [1.82, 2.24) is 0 Å². The van der Waals surface area contributed by atoms with E-state index in [1.165, 1.54) is 14.0 Å². The molecule has 0 heterocycles. The molecule has 0 aliphatic carbocycles. The van der Waals surface area contributed by atoms with Gasteiger partial charge in [-0.05, 0) is 37.3 Å². The van der Waals surface area contributed by atoms with Gasteiger partial charge in [-0.25, -0.2) is 0 Å². The number of halogens is 4. The van der Waals surface area contributed by atoms with Crippen molar-refractivity contribution >= 4 is 23.2 Å². The van der Waals surface area contributed by atoms with Gasteiger partial charge in [0, 0.05) is 0 Å². The van der Waals surface area contributed by atoms with Crippen molar-refractivity contribution in [2.75, 3.05) is 12.4 Å². The van der Waals surface area contributed by atoms with E-state index in [2.05, 4.69) is 5.32 Å². The number of nitrogens with one attached hydrogen (secondary N) is 1. The average Bonchev–Trinajstić information content (AvgIpc) is 2.56. The lowest BCUT2D eigenvalue weighted by atomic mass is 10.2. The van der Waals surface area contributed by atoms with Crippen molar-refractivity contribution in [2.24, 2.45) is 0 Å². The van der Waals surface area contributed by atoms with E-state index in [4.69, 9.17) is 21.1 Å². The Kier molecular flexibility index (Phi) is 5.79. The summed E-state index contributed by atoms with van der Waals surface area (Å²) in [6.45, 7) is 1.46. The first-order valence-corrected chi connectivity index (χ1v) is 7.57. The molecule has 8 heteroatoms. The van der Waals surface area contributed by atoms with Crippen molar-refractivity contribution < 1.29 is 27.4 Å². The summed E-state index contributed by atoms with van der Waals surface area (Å²) in [5.41, 5.74) is -1.05. The Bertz CT molecular complexity index is 765. The van der Waals surface area contributed by atoms with Crippen molar-refractivity contribution in [3.63, 3.8) is 0 Å². The Balaban J connectivity index is 2.14. The summed E-state index contributed by atoms with van der Waals surface area (Å²) in [6.07, 6.45) is -5.52. The van der Waals surface area contributed by atoms with Crippen LogP contribution in [0.5, 0.6) is 11.5 Å². The second kappa shape index (κ2) is 7.65. The van der Waals surface area contributed by atoms with Gasteiger partial charge in [0.05, 0.1) is 23.4 Å². The van der Waals surface area contributed by atoms with Crippen LogP contribution in [0.2, 0.25) is 5.02 Å². The van der Waals surface area contributed by atoms with Crippen molar-refractivity contribution in [1.29, 1.82) is 0 Å². The molecule has 0 saturated heterocycles. The van der Waals surface area contributed by atoms with Crippen LogP contribution in [-0.4, -0.2) is 19.1 Å². The fourth-order valence-corrected chi connectivity index (χ4v) is 2.16. The van der Waals surface area contributed by atoms with E-state index < -0.39 is 23.8 Å². The second-order valence-electron chi connectivity index (χ2n) is 5.09. The number of alkyl halides is 3. The van der Waals surface area contributed by atoms with Gasteiger partial charge in [-0.3, -0.25) is 4.79 Å². The van der Waals surface area contributed by atoms with Gasteiger partial charge in [0.15, 0.2) is 17.6 Å². The minimum Gasteiger partial charge on any atom is -0.493 e. The Labute approximate surface area is 147 Å². The number of rotatable bonds is 5. The predicted molar refractivity (Wildman–Crippen MR) is 88.2 cm³/mol. The zero-order valence-electron chi connectivity index (χ0n) is 13.4. The van der Waals surface area contributed by atoms with Crippen LogP contribution in [0.4, 0.5) is 18.9 Å². The second-order valence-corrected chi connectivity index (χ2v) is 5.50. The summed E-state index contributed by atoms with van der Waals surface area (Å²) in [6, 6.07) is 9.39. The van der Waals surface area contributed by atoms with Gasteiger partial charge < -0.3 is 14.8 Å². The lowest BCUT2D eigenvalue weighted by molar-refractivity contribution is -0.137. The van der Waals surface area contributed by atoms with Gasteiger partial charge in [0.25, 0.3) is 5.91 Å². The molecule has 1 N–H and O–H groups in total. The summed E-state index contributed by atoms with van der Waals surface area (Å²) in [5, 5.41) is 2.34. The highest BCUT2D eigenvalue weighted by molar-refractivity contribution is 6.33. The zero-order valence-corrected chi connectivity index (χ0v) is 14.1. The molecule has 2 aromatic carbocycles. The maximum absolute atomic E-state index is 12.8. The molecule has 0 fully saturated rings. The molecule has 25 heavy (non-hydrogen) atoms. The first kappa shape index (κ1) is 18.9. The monoisotopic (exact) mass is 373 g/mol. The van der Waals surface area contributed by atoms with Crippen LogP contribution in [-0.2, 0) is 11.0 Å². The Morgan fingerprint density at radius 3 is 2.40 bits per heavy atom. The first-order chi connectivity index (χ1) is 11.7. The zero-order chi connectivity index (χ0) is 18.6. The highest BCUT2D eigenvalue weighted by atomic mass is 35.5. The molecule has 1 atom stereocenters. The van der Waals surface area contributed by atoms with E-state index in [-0.39, 0.29) is 10.7 Å². The number of ether oxygens (including phenoxy) is 2. The average molecular weight is 374 g/mol. The molecule has 2 aromatic rings. The third-order valence-corrected chi connectivity index (χ3v) is 3.62. The largest absolute Gasteiger partial charge is 0.493 e. The lowest BCUT2D eigenvalue weighted by Crippen LogP contribution is -2.30. The number of para-hydroxylation sites is 2. The van der Waals surface area contributed by atoms with Crippen LogP contribution in [0.3, 0.4) is 0 Å². The number of methoxy groups -OCH3 is 1. The molecule has 2 rings (SSSR count). The van der Waals surface area contributed by atoms with Gasteiger partial charge in [0.1, 0.15) is 0 Å². The van der Waals surface area contributed by atoms with Gasteiger partial charge in [-0.15, -0.1) is 0 Å². The highest BCUT2D eigenvalue weighted by Gasteiger charge is 2.31. The van der Waals surface area contributed by atoms with Crippen LogP contribution in [0, 0.1) is 0 Å². The highest BCUT2D eigenvalue weighted by Crippen LogP contribution is 2.34. The molecular formula is C17H15ClF3NO3. The molecule has 0 saturated carbocycles. The number of carbonyl (C=O) groups is 1. The van der Waals surface area contributed by atoms with Gasteiger partial charge in [-0.2, -0.15) is 13.2 Å². The third kappa shape index (κ3) is 4.79. The number of hydrogen-bond acceptors (Lipinski definition) is 3. The lowest BCUT2D eigenvalue weighted by Gasteiger charge is -2.17. The minimum atomic E-state index is -4.54. The predicted octanol–water partition coefficient (Wildman–Crippen LogP) is 4.77. The third-order valence-electron chi connectivity index (χ3n) is 3.29. The van der Waals surface area contributed by atoms with Gasteiger partial charge in [-0.1, -0.05) is 23.7 Å². The van der Waals surface area contributed by atoms with Crippen molar-refractivity contribution in [3.05, 3.63) is 53.1 Å². The topological polar surface area (TPSA) is 47.6 Å². The fourth-order valence-electron chi connectivity index (χ4n) is 1.99. The van der Waals surface area contributed by atoms with Crippen LogP contribution in [0.1, 0.15) is 12.5 Å². The van der Waals surface area contributed by atoms with Crippen LogP contribution in [0.25, 0.3) is 0 Å². The number of carbonyl (C=O) groups excluding carboxylic acids is 1. The Hall–Kier alpha value is -2.41. The number of anilines is 1. The molecule has 1 amide bonds. The van der Waals surface area contributed by atoms with E-state index in [0.29, 0.717) is 11.5 Å². The standard InChI is InChI=1S/C17H15ClF3NO3/c1-10(25-15-6-4-3-5-14(15)24-2)16(23)22-13-9-11(17(19,20)21)7-8-12(13)18/h3-10H,1-2H3,(H,22,23)/t10-/m0/s1. The summed E-state index contributed by atoms with van der Waals surface area (Å²) in [4.78, 5) is 12.2. The summed E-state index contributed by atoms with van der Waals surface area (Å²) >= 11 is 5.86. The fraction of sp³-hybridized carbons (Fsp3) is 0.235. The molecule has 134 valence electrons. The molecule has 0 spiro atoms.